The van der Waals surface area contributed by atoms with Crippen molar-refractivity contribution in [3.8, 4) is 0 Å². The molecule has 1 rings (SSSR count). The largest absolute Gasteiger partial charge is 0.359 e. The normalized spacial score (nSPS) is 11.4. The van der Waals surface area contributed by atoms with Crippen molar-refractivity contribution in [2.75, 3.05) is 13.6 Å². The predicted molar refractivity (Wildman–Crippen MR) is 78.7 cm³/mol. The third kappa shape index (κ3) is 4.26. The van der Waals surface area contributed by atoms with Crippen LogP contribution < -0.4 is 10.6 Å². The number of carbonyl (C=O) groups is 1. The second-order valence-corrected chi connectivity index (χ2v) is 6.13. The first-order valence-electron chi connectivity index (χ1n) is 5.73. The highest BCUT2D eigenvalue weighted by molar-refractivity contribution is 9.10. The van der Waals surface area contributed by atoms with Gasteiger partial charge in [0.25, 0.3) is 0 Å². The maximum absolute atomic E-state index is 11.6. The van der Waals surface area contributed by atoms with Gasteiger partial charge in [0.05, 0.1) is 5.41 Å². The molecule has 3 nitrogen and oxygen atoms in total. The molecule has 0 bridgehead atoms. The van der Waals surface area contributed by atoms with Gasteiger partial charge in [0, 0.05) is 29.6 Å². The smallest absolute Gasteiger partial charge is 0.226 e. The highest BCUT2D eigenvalue weighted by atomic mass is 79.9. The topological polar surface area (TPSA) is 41.1 Å². The Bertz CT molecular complexity index is 435. The summed E-state index contributed by atoms with van der Waals surface area (Å²) in [4.78, 5) is 11.6. The van der Waals surface area contributed by atoms with E-state index in [1.54, 1.807) is 7.05 Å². The summed E-state index contributed by atoms with van der Waals surface area (Å²) in [5.41, 5.74) is 0.587. The summed E-state index contributed by atoms with van der Waals surface area (Å²) in [6.07, 6.45) is 0. The van der Waals surface area contributed by atoms with Crippen LogP contribution in [0.4, 0.5) is 0 Å². The molecule has 5 heteroatoms. The van der Waals surface area contributed by atoms with Crippen molar-refractivity contribution in [2.45, 2.75) is 20.4 Å². The molecular weight excluding hydrogens is 316 g/mol. The molecule has 2 N–H and O–H groups in total. The van der Waals surface area contributed by atoms with Crippen molar-refractivity contribution in [1.29, 1.82) is 0 Å². The number of rotatable bonds is 5. The van der Waals surface area contributed by atoms with E-state index in [0.717, 1.165) is 15.1 Å². The van der Waals surface area contributed by atoms with Gasteiger partial charge in [0.2, 0.25) is 5.91 Å². The molecule has 0 fully saturated rings. The van der Waals surface area contributed by atoms with Crippen LogP contribution in [0.3, 0.4) is 0 Å². The first-order chi connectivity index (χ1) is 8.36. The fourth-order valence-electron chi connectivity index (χ4n) is 1.59. The van der Waals surface area contributed by atoms with E-state index < -0.39 is 5.41 Å². The molecule has 0 radical (unpaired) electrons. The van der Waals surface area contributed by atoms with Crippen molar-refractivity contribution in [1.82, 2.24) is 10.6 Å². The van der Waals surface area contributed by atoms with Crippen molar-refractivity contribution < 1.29 is 4.79 Å². The molecule has 1 amide bonds. The van der Waals surface area contributed by atoms with Gasteiger partial charge in [-0.2, -0.15) is 0 Å². The molecule has 1 aromatic carbocycles. The molecule has 0 aromatic heterocycles. The summed E-state index contributed by atoms with van der Waals surface area (Å²) in [5, 5.41) is 6.64. The van der Waals surface area contributed by atoms with E-state index in [2.05, 4.69) is 26.6 Å². The van der Waals surface area contributed by atoms with Crippen molar-refractivity contribution in [3.63, 3.8) is 0 Å². The molecule has 0 spiro atoms. The molecule has 0 heterocycles. The van der Waals surface area contributed by atoms with E-state index >= 15 is 0 Å². The van der Waals surface area contributed by atoms with Crippen LogP contribution >= 0.6 is 27.5 Å². The lowest BCUT2D eigenvalue weighted by Gasteiger charge is -2.23. The molecule has 100 valence electrons. The Labute approximate surface area is 121 Å². The lowest BCUT2D eigenvalue weighted by Crippen LogP contribution is -2.41. The zero-order chi connectivity index (χ0) is 13.8. The summed E-state index contributed by atoms with van der Waals surface area (Å²) in [7, 11) is 1.65. The molecule has 1 aromatic rings. The van der Waals surface area contributed by atoms with Crippen LogP contribution in [0.15, 0.2) is 22.7 Å². The van der Waals surface area contributed by atoms with Gasteiger partial charge in [0.15, 0.2) is 0 Å². The van der Waals surface area contributed by atoms with Crippen molar-refractivity contribution in [3.05, 3.63) is 33.3 Å². The first kappa shape index (κ1) is 15.5. The Hall–Kier alpha value is -0.580. The van der Waals surface area contributed by atoms with Gasteiger partial charge in [-0.25, -0.2) is 0 Å². The fraction of sp³-hybridized carbons (Fsp3) is 0.462. The van der Waals surface area contributed by atoms with Crippen molar-refractivity contribution >= 4 is 33.4 Å². The number of nitrogens with one attached hydrogen (secondary N) is 2. The van der Waals surface area contributed by atoms with Gasteiger partial charge >= 0.3 is 0 Å². The van der Waals surface area contributed by atoms with Gasteiger partial charge in [-0.1, -0.05) is 33.6 Å². The lowest BCUT2D eigenvalue weighted by molar-refractivity contribution is -0.128. The lowest BCUT2D eigenvalue weighted by atomic mass is 9.92. The zero-order valence-corrected chi connectivity index (χ0v) is 13.2. The van der Waals surface area contributed by atoms with E-state index in [4.69, 9.17) is 11.6 Å². The van der Waals surface area contributed by atoms with Crippen LogP contribution in [0.25, 0.3) is 0 Å². The Morgan fingerprint density at radius 3 is 2.67 bits per heavy atom. The summed E-state index contributed by atoms with van der Waals surface area (Å²) in [6.45, 7) is 5.05. The van der Waals surface area contributed by atoms with E-state index in [9.17, 15) is 4.79 Å². The fourth-order valence-corrected chi connectivity index (χ4v) is 2.33. The number of hydrogen-bond donors (Lipinski definition) is 2. The summed E-state index contributed by atoms with van der Waals surface area (Å²) in [6, 6.07) is 5.78. The second kappa shape index (κ2) is 6.55. The molecule has 0 saturated heterocycles. The average Bonchev–Trinajstić information content (AvgIpc) is 2.30. The number of halogens is 2. The molecule has 0 atom stereocenters. The van der Waals surface area contributed by atoms with E-state index in [1.807, 2.05) is 32.0 Å². The van der Waals surface area contributed by atoms with Crippen LogP contribution in [0.2, 0.25) is 5.02 Å². The third-order valence-corrected chi connectivity index (χ3v) is 3.58. The quantitative estimate of drug-likeness (QED) is 0.870. The molecule has 0 aliphatic heterocycles. The molecule has 0 aliphatic rings. The highest BCUT2D eigenvalue weighted by Gasteiger charge is 2.25. The number of hydrogen-bond acceptors (Lipinski definition) is 2. The molecule has 0 aliphatic carbocycles. The Morgan fingerprint density at radius 1 is 1.44 bits per heavy atom. The second-order valence-electron chi connectivity index (χ2n) is 4.80. The summed E-state index contributed by atoms with van der Waals surface area (Å²) in [5.74, 6) is 0.0249. The molecule has 18 heavy (non-hydrogen) atoms. The van der Waals surface area contributed by atoms with Gasteiger partial charge in [-0.3, -0.25) is 4.79 Å². The molecule has 0 saturated carbocycles. The SMILES string of the molecule is CNC(=O)C(C)(C)CNCc1ccc(Br)cc1Cl. The Morgan fingerprint density at radius 2 is 2.11 bits per heavy atom. The summed E-state index contributed by atoms with van der Waals surface area (Å²) >= 11 is 9.49. The maximum Gasteiger partial charge on any atom is 0.226 e. The third-order valence-electron chi connectivity index (χ3n) is 2.74. The van der Waals surface area contributed by atoms with Crippen LogP contribution in [-0.4, -0.2) is 19.5 Å². The Balaban J connectivity index is 2.54. The van der Waals surface area contributed by atoms with Crippen LogP contribution in [0, 0.1) is 5.41 Å². The highest BCUT2D eigenvalue weighted by Crippen LogP contribution is 2.21. The van der Waals surface area contributed by atoms with Crippen molar-refractivity contribution in [2.24, 2.45) is 5.41 Å². The average molecular weight is 334 g/mol. The summed E-state index contributed by atoms with van der Waals surface area (Å²) < 4.78 is 0.960. The van der Waals surface area contributed by atoms with E-state index in [-0.39, 0.29) is 5.91 Å². The minimum Gasteiger partial charge on any atom is -0.359 e. The van der Waals surface area contributed by atoms with Gasteiger partial charge in [-0.15, -0.1) is 0 Å². The minimum absolute atomic E-state index is 0.0249. The van der Waals surface area contributed by atoms with Crippen LogP contribution in [-0.2, 0) is 11.3 Å². The predicted octanol–water partition coefficient (Wildman–Crippen LogP) is 2.96. The van der Waals surface area contributed by atoms with Crippen LogP contribution in [0.5, 0.6) is 0 Å². The van der Waals surface area contributed by atoms with Gasteiger partial charge < -0.3 is 10.6 Å². The number of amides is 1. The maximum atomic E-state index is 11.6. The Kier molecular flexibility index (Phi) is 5.63. The van der Waals surface area contributed by atoms with E-state index in [1.165, 1.54) is 0 Å². The monoisotopic (exact) mass is 332 g/mol. The number of carbonyl (C=O) groups excluding carboxylic acids is 1. The zero-order valence-electron chi connectivity index (χ0n) is 10.8. The van der Waals surface area contributed by atoms with Gasteiger partial charge in [-0.05, 0) is 31.5 Å². The van der Waals surface area contributed by atoms with E-state index in [0.29, 0.717) is 13.1 Å². The standard InChI is InChI=1S/C13H18BrClN2O/c1-13(2,12(18)16-3)8-17-7-9-4-5-10(14)6-11(9)15/h4-6,17H,7-8H2,1-3H3,(H,16,18). The molecule has 0 unspecified atom stereocenters. The number of benzene rings is 1. The minimum atomic E-state index is -0.434. The van der Waals surface area contributed by atoms with Gasteiger partial charge in [0.1, 0.15) is 0 Å². The first-order valence-corrected chi connectivity index (χ1v) is 6.91. The van der Waals surface area contributed by atoms with Crippen LogP contribution in [0.1, 0.15) is 19.4 Å². The molecular formula is C13H18BrClN2O.